The summed E-state index contributed by atoms with van der Waals surface area (Å²) < 4.78 is 9.27. The smallest absolute Gasteiger partial charge is 0.305 e. The van der Waals surface area contributed by atoms with Crippen molar-refractivity contribution in [1.82, 2.24) is 0 Å². The lowest BCUT2D eigenvalue weighted by atomic mass is 9.73. The van der Waals surface area contributed by atoms with Crippen molar-refractivity contribution in [2.24, 2.45) is 20.8 Å². The first-order valence-electron chi connectivity index (χ1n) is 13.2. The van der Waals surface area contributed by atoms with E-state index in [-0.39, 0.29) is 90.1 Å². The summed E-state index contributed by atoms with van der Waals surface area (Å²) in [6.45, 7) is 9.82. The summed E-state index contributed by atoms with van der Waals surface area (Å²) in [4.78, 5) is 58.4. The van der Waals surface area contributed by atoms with E-state index < -0.39 is 18.0 Å². The van der Waals surface area contributed by atoms with E-state index in [1.165, 1.54) is 14.2 Å². The van der Waals surface area contributed by atoms with Gasteiger partial charge in [0.2, 0.25) is 0 Å². The number of hydrogen-bond donors (Lipinski definition) is 2. The van der Waals surface area contributed by atoms with E-state index in [1.54, 1.807) is 0 Å². The Morgan fingerprint density at radius 3 is 1.62 bits per heavy atom. The average molecular weight is 547 g/mol. The first kappa shape index (κ1) is 31.9. The van der Waals surface area contributed by atoms with Gasteiger partial charge in [0.05, 0.1) is 50.8 Å². The monoisotopic (exact) mass is 546 g/mol. The van der Waals surface area contributed by atoms with E-state index >= 15 is 0 Å². The van der Waals surface area contributed by atoms with E-state index in [4.69, 9.17) is 4.99 Å². The molecule has 2 aliphatic carbocycles. The van der Waals surface area contributed by atoms with Crippen LogP contribution in [0.2, 0.25) is 0 Å². The number of carbonyl (C=O) groups excluding carboxylic acids is 4. The zero-order chi connectivity index (χ0) is 29.5. The van der Waals surface area contributed by atoms with Gasteiger partial charge in [0.25, 0.3) is 0 Å². The molecule has 10 heteroatoms. The lowest BCUT2D eigenvalue weighted by Gasteiger charge is -2.32. The summed E-state index contributed by atoms with van der Waals surface area (Å²) in [6, 6.07) is -0.406. The number of allylic oxidation sites excluding steroid dienone is 4. The number of ketones is 2. The molecule has 0 aromatic carbocycles. The molecule has 0 aromatic heterocycles. The molecular weight excluding hydrogens is 504 g/mol. The third-order valence-corrected chi connectivity index (χ3v) is 6.79. The quantitative estimate of drug-likeness (QED) is 0.242. The van der Waals surface area contributed by atoms with Crippen molar-refractivity contribution < 1.29 is 38.9 Å². The van der Waals surface area contributed by atoms with Gasteiger partial charge in [0.15, 0.2) is 11.6 Å². The number of esters is 2. The van der Waals surface area contributed by atoms with Gasteiger partial charge < -0.3 is 19.7 Å². The summed E-state index contributed by atoms with van der Waals surface area (Å²) in [5.74, 6) is -1.80. The molecule has 2 saturated carbocycles. The topological polar surface area (TPSA) is 152 Å². The second-order valence-electron chi connectivity index (χ2n) is 11.9. The van der Waals surface area contributed by atoms with Gasteiger partial charge in [0, 0.05) is 37.1 Å². The number of hydrogen-bond acceptors (Lipinski definition) is 10. The van der Waals surface area contributed by atoms with Crippen LogP contribution in [0, 0.1) is 10.8 Å². The zero-order valence-electron chi connectivity index (χ0n) is 24.2. The van der Waals surface area contributed by atoms with Crippen LogP contribution in [0.5, 0.6) is 0 Å². The molecule has 216 valence electrons. The highest BCUT2D eigenvalue weighted by Crippen LogP contribution is 2.37. The van der Waals surface area contributed by atoms with Crippen LogP contribution >= 0.6 is 0 Å². The van der Waals surface area contributed by atoms with Crippen LogP contribution < -0.4 is 0 Å². The van der Waals surface area contributed by atoms with Crippen molar-refractivity contribution >= 4 is 34.9 Å². The summed E-state index contributed by atoms with van der Waals surface area (Å²) in [6.07, 6.45) is 1.25. The van der Waals surface area contributed by atoms with Crippen molar-refractivity contribution in [1.29, 1.82) is 0 Å². The van der Waals surface area contributed by atoms with E-state index in [9.17, 15) is 29.4 Å². The Labute approximate surface area is 230 Å². The molecule has 0 aliphatic heterocycles. The van der Waals surface area contributed by atoms with Crippen LogP contribution in [0.3, 0.4) is 0 Å². The van der Waals surface area contributed by atoms with E-state index in [2.05, 4.69) is 14.5 Å². The van der Waals surface area contributed by atoms with E-state index in [1.807, 2.05) is 34.6 Å². The van der Waals surface area contributed by atoms with Crippen molar-refractivity contribution in [3.8, 4) is 0 Å². The molecule has 2 aliphatic rings. The lowest BCUT2D eigenvalue weighted by molar-refractivity contribution is -0.141. The van der Waals surface area contributed by atoms with Gasteiger partial charge in [-0.25, -0.2) is 0 Å². The highest BCUT2D eigenvalue weighted by molar-refractivity contribution is 6.25. The maximum atomic E-state index is 13.0. The standard InChI is InChI=1S/C29H42N2O8/c1-17(31-19-13-29(4,5)15-23(35)27(19)21(33)9-11-25(37)39-7)16-30-18-12-28(2,3)14-22(34)26(18)20(32)8-10-24(36)38-6/h17,32-33H,8-16H2,1-7H3. The Balaban J connectivity index is 2.38. The largest absolute Gasteiger partial charge is 0.511 e. The molecular formula is C29H42N2O8. The number of aliphatic hydroxyl groups excluding tert-OH is 2. The number of aliphatic hydroxyl groups is 2. The summed E-state index contributed by atoms with van der Waals surface area (Å²) in [7, 11) is 2.52. The first-order valence-corrected chi connectivity index (χ1v) is 13.2. The maximum absolute atomic E-state index is 13.0. The van der Waals surface area contributed by atoms with Crippen LogP contribution in [0.1, 0.15) is 86.0 Å². The Morgan fingerprint density at radius 2 is 1.18 bits per heavy atom. The summed E-state index contributed by atoms with van der Waals surface area (Å²) in [5.41, 5.74) is 0.513. The number of aliphatic imine (C=N–C) groups is 2. The second kappa shape index (κ2) is 13.2. The molecule has 10 nitrogen and oxygen atoms in total. The molecule has 0 radical (unpaired) electrons. The van der Waals surface area contributed by atoms with Crippen LogP contribution in [-0.2, 0) is 28.7 Å². The Hall–Kier alpha value is -3.30. The zero-order valence-corrected chi connectivity index (χ0v) is 24.2. The normalized spacial score (nSPS) is 24.4. The molecule has 39 heavy (non-hydrogen) atoms. The molecule has 0 heterocycles. The average Bonchev–Trinajstić information content (AvgIpc) is 2.82. The lowest BCUT2D eigenvalue weighted by Crippen LogP contribution is -2.34. The Kier molecular flexibility index (Phi) is 10.8. The minimum atomic E-state index is -0.489. The molecule has 0 aromatic rings. The number of rotatable bonds is 9. The van der Waals surface area contributed by atoms with Crippen LogP contribution in [0.15, 0.2) is 32.6 Å². The number of nitrogens with zero attached hydrogens (tertiary/aromatic N) is 2. The molecule has 1 unspecified atom stereocenters. The van der Waals surface area contributed by atoms with Crippen LogP contribution in [0.25, 0.3) is 0 Å². The maximum Gasteiger partial charge on any atom is 0.305 e. The highest BCUT2D eigenvalue weighted by Gasteiger charge is 2.38. The van der Waals surface area contributed by atoms with Crippen LogP contribution in [-0.4, -0.2) is 71.9 Å². The molecule has 0 spiro atoms. The van der Waals surface area contributed by atoms with Crippen molar-refractivity contribution in [3.05, 3.63) is 22.7 Å². The molecule has 0 amide bonds. The highest BCUT2D eigenvalue weighted by atomic mass is 16.5. The molecule has 2 N–H and O–H groups in total. The van der Waals surface area contributed by atoms with Crippen LogP contribution in [0.4, 0.5) is 0 Å². The van der Waals surface area contributed by atoms with Gasteiger partial charge in [-0.15, -0.1) is 0 Å². The molecule has 1 atom stereocenters. The van der Waals surface area contributed by atoms with E-state index in [0.717, 1.165) is 0 Å². The van der Waals surface area contributed by atoms with Crippen molar-refractivity contribution in [3.63, 3.8) is 0 Å². The Morgan fingerprint density at radius 1 is 0.769 bits per heavy atom. The third-order valence-electron chi connectivity index (χ3n) is 6.79. The predicted octanol–water partition coefficient (Wildman–Crippen LogP) is 4.57. The summed E-state index contributed by atoms with van der Waals surface area (Å²) >= 11 is 0. The number of ether oxygens (including phenoxy) is 2. The molecule has 2 fully saturated rings. The fourth-order valence-corrected chi connectivity index (χ4v) is 4.92. The Bertz CT molecular complexity index is 1120. The first-order chi connectivity index (χ1) is 18.1. The minimum absolute atomic E-state index is 0.0265. The number of carbonyl (C=O) groups is 4. The van der Waals surface area contributed by atoms with Gasteiger partial charge in [-0.1, -0.05) is 27.7 Å². The molecule has 2 rings (SSSR count). The fraction of sp³-hybridized carbons (Fsp3) is 0.655. The molecule has 0 saturated heterocycles. The van der Waals surface area contributed by atoms with Crippen molar-refractivity contribution in [2.45, 2.75) is 92.0 Å². The summed E-state index contributed by atoms with van der Waals surface area (Å²) in [5, 5.41) is 21.4. The SMILES string of the molecule is COC(=O)CCC(O)=C1C(=O)CC(C)(C)CC1=NCC(C)N=C1CC(C)(C)CC(=O)C1=C(O)CCC(=O)OC. The van der Waals surface area contributed by atoms with E-state index in [0.29, 0.717) is 24.3 Å². The van der Waals surface area contributed by atoms with Gasteiger partial charge in [0.1, 0.15) is 11.5 Å². The third kappa shape index (κ3) is 9.14. The fourth-order valence-electron chi connectivity index (χ4n) is 4.92. The van der Waals surface area contributed by atoms with Gasteiger partial charge >= 0.3 is 11.9 Å². The minimum Gasteiger partial charge on any atom is -0.511 e. The van der Waals surface area contributed by atoms with Crippen molar-refractivity contribution in [2.75, 3.05) is 20.8 Å². The number of Topliss-reactive ketones (excluding diaryl/α,β-unsaturated/α-hetero) is 2. The van der Waals surface area contributed by atoms with Gasteiger partial charge in [-0.05, 0) is 30.6 Å². The molecule has 0 bridgehead atoms. The second-order valence-corrected chi connectivity index (χ2v) is 11.9. The predicted molar refractivity (Wildman–Crippen MR) is 147 cm³/mol. The number of methoxy groups -OCH3 is 2. The van der Waals surface area contributed by atoms with Gasteiger partial charge in [-0.2, -0.15) is 0 Å². The van der Waals surface area contributed by atoms with Gasteiger partial charge in [-0.3, -0.25) is 29.2 Å².